The van der Waals surface area contributed by atoms with Crippen molar-refractivity contribution in [3.05, 3.63) is 44.7 Å². The van der Waals surface area contributed by atoms with Crippen LogP contribution in [0.25, 0.3) is 0 Å². The molecule has 2 atom stereocenters. The summed E-state index contributed by atoms with van der Waals surface area (Å²) in [5.74, 6) is -0.838. The van der Waals surface area contributed by atoms with Crippen LogP contribution in [0, 0.1) is 0 Å². The average molecular weight is 492 g/mol. The highest BCUT2D eigenvalue weighted by molar-refractivity contribution is 9.10. The van der Waals surface area contributed by atoms with Gasteiger partial charge in [0.2, 0.25) is 0 Å². The fourth-order valence-corrected chi connectivity index (χ4v) is 4.99. The topological polar surface area (TPSA) is 94.1 Å². The number of allylic oxidation sites excluding steroid dienone is 3. The maximum Gasteiger partial charge on any atom is 0.336 e. The molecule has 1 aromatic rings. The SMILES string of the molecule is COc1cc(C2C(C(=O)OCC3CCCO3)=C(C)NC3=C2C(=O)CCC3)cc(Br)c1O. The second-order valence-electron chi connectivity index (χ2n) is 8.05. The Morgan fingerprint density at radius 2 is 2.13 bits per heavy atom. The van der Waals surface area contributed by atoms with Crippen molar-refractivity contribution in [3.8, 4) is 11.5 Å². The fourth-order valence-electron chi connectivity index (χ4n) is 4.53. The number of benzene rings is 1. The first kappa shape index (κ1) is 21.9. The molecular weight excluding hydrogens is 466 g/mol. The molecule has 0 amide bonds. The number of ether oxygens (including phenoxy) is 3. The van der Waals surface area contributed by atoms with Gasteiger partial charge in [0.1, 0.15) is 6.61 Å². The van der Waals surface area contributed by atoms with E-state index in [1.165, 1.54) is 7.11 Å². The summed E-state index contributed by atoms with van der Waals surface area (Å²) in [6, 6.07) is 3.39. The number of nitrogens with one attached hydrogen (secondary N) is 1. The largest absolute Gasteiger partial charge is 0.503 e. The van der Waals surface area contributed by atoms with E-state index < -0.39 is 11.9 Å². The zero-order valence-electron chi connectivity index (χ0n) is 17.6. The molecule has 1 aliphatic carbocycles. The first-order chi connectivity index (χ1) is 14.9. The molecule has 2 heterocycles. The summed E-state index contributed by atoms with van der Waals surface area (Å²) < 4.78 is 16.9. The van der Waals surface area contributed by atoms with Gasteiger partial charge in [0.25, 0.3) is 0 Å². The highest BCUT2D eigenvalue weighted by Crippen LogP contribution is 2.46. The Bertz CT molecular complexity index is 977. The monoisotopic (exact) mass is 491 g/mol. The molecule has 2 N–H and O–H groups in total. The first-order valence-electron chi connectivity index (χ1n) is 10.5. The van der Waals surface area contributed by atoms with Crippen LogP contribution in [-0.2, 0) is 19.1 Å². The lowest BCUT2D eigenvalue weighted by Crippen LogP contribution is -2.35. The summed E-state index contributed by atoms with van der Waals surface area (Å²) >= 11 is 3.36. The van der Waals surface area contributed by atoms with Crippen molar-refractivity contribution in [3.63, 3.8) is 0 Å². The van der Waals surface area contributed by atoms with E-state index in [0.717, 1.165) is 31.4 Å². The van der Waals surface area contributed by atoms with Gasteiger partial charge in [-0.05, 0) is 66.2 Å². The lowest BCUT2D eigenvalue weighted by atomic mass is 9.75. The van der Waals surface area contributed by atoms with Crippen LogP contribution < -0.4 is 10.1 Å². The van der Waals surface area contributed by atoms with Crippen LogP contribution in [-0.4, -0.2) is 43.3 Å². The van der Waals surface area contributed by atoms with Crippen molar-refractivity contribution in [1.82, 2.24) is 5.32 Å². The van der Waals surface area contributed by atoms with Crippen LogP contribution >= 0.6 is 15.9 Å². The third-order valence-electron chi connectivity index (χ3n) is 6.02. The minimum Gasteiger partial charge on any atom is -0.503 e. The van der Waals surface area contributed by atoms with Gasteiger partial charge in [-0.2, -0.15) is 0 Å². The zero-order chi connectivity index (χ0) is 22.1. The number of aromatic hydroxyl groups is 1. The number of hydrogen-bond acceptors (Lipinski definition) is 7. The minimum absolute atomic E-state index is 0.0128. The van der Waals surface area contributed by atoms with Crippen LogP contribution in [0.1, 0.15) is 50.5 Å². The molecule has 2 aliphatic heterocycles. The molecule has 0 bridgehead atoms. The number of dihydropyridines is 1. The summed E-state index contributed by atoms with van der Waals surface area (Å²) in [4.78, 5) is 26.2. The van der Waals surface area contributed by atoms with E-state index >= 15 is 0 Å². The predicted octanol–water partition coefficient (Wildman–Crippen LogP) is 3.85. The average Bonchev–Trinajstić information content (AvgIpc) is 3.27. The molecule has 166 valence electrons. The molecule has 0 saturated carbocycles. The summed E-state index contributed by atoms with van der Waals surface area (Å²) in [5.41, 5.74) is 3.16. The van der Waals surface area contributed by atoms with E-state index in [1.54, 1.807) is 12.1 Å². The van der Waals surface area contributed by atoms with Crippen LogP contribution in [0.4, 0.5) is 0 Å². The predicted molar refractivity (Wildman–Crippen MR) is 117 cm³/mol. The van der Waals surface area contributed by atoms with E-state index in [1.807, 2.05) is 6.92 Å². The second kappa shape index (κ2) is 9.04. The zero-order valence-corrected chi connectivity index (χ0v) is 19.2. The van der Waals surface area contributed by atoms with Gasteiger partial charge >= 0.3 is 5.97 Å². The van der Waals surface area contributed by atoms with Gasteiger partial charge in [-0.15, -0.1) is 0 Å². The van der Waals surface area contributed by atoms with Crippen LogP contribution in [0.3, 0.4) is 0 Å². The first-order valence-corrected chi connectivity index (χ1v) is 11.3. The van der Waals surface area contributed by atoms with Crippen molar-refractivity contribution in [2.45, 2.75) is 51.0 Å². The summed E-state index contributed by atoms with van der Waals surface area (Å²) in [5, 5.41) is 13.5. The van der Waals surface area contributed by atoms with Crippen molar-refractivity contribution >= 4 is 27.7 Å². The molecule has 1 saturated heterocycles. The Hall–Kier alpha value is -2.32. The van der Waals surface area contributed by atoms with Crippen molar-refractivity contribution < 1.29 is 28.9 Å². The van der Waals surface area contributed by atoms with Crippen LogP contribution in [0.15, 0.2) is 39.1 Å². The number of hydrogen-bond donors (Lipinski definition) is 2. The van der Waals surface area contributed by atoms with Gasteiger partial charge in [-0.1, -0.05) is 0 Å². The molecule has 7 nitrogen and oxygen atoms in total. The Kier molecular flexibility index (Phi) is 6.39. The van der Waals surface area contributed by atoms with E-state index in [4.69, 9.17) is 14.2 Å². The highest BCUT2D eigenvalue weighted by Gasteiger charge is 2.40. The Balaban J connectivity index is 1.76. The van der Waals surface area contributed by atoms with E-state index in [9.17, 15) is 14.7 Å². The van der Waals surface area contributed by atoms with Gasteiger partial charge in [-0.3, -0.25) is 4.79 Å². The number of phenols is 1. The molecule has 3 aliphatic rings. The number of rotatable bonds is 5. The maximum atomic E-state index is 13.2. The lowest BCUT2D eigenvalue weighted by molar-refractivity contribution is -0.142. The molecule has 4 rings (SSSR count). The van der Waals surface area contributed by atoms with E-state index in [2.05, 4.69) is 21.2 Å². The number of Topliss-reactive ketones (excluding diaryl/α,β-unsaturated/α-hetero) is 1. The molecular formula is C23H26BrNO6. The minimum atomic E-state index is -0.605. The highest BCUT2D eigenvalue weighted by atomic mass is 79.9. The number of carbonyl (C=O) groups is 2. The lowest BCUT2D eigenvalue weighted by Gasteiger charge is -2.34. The third-order valence-corrected chi connectivity index (χ3v) is 6.63. The molecule has 1 aromatic carbocycles. The summed E-state index contributed by atoms with van der Waals surface area (Å²) in [7, 11) is 1.46. The molecule has 0 radical (unpaired) electrons. The number of halogens is 1. The second-order valence-corrected chi connectivity index (χ2v) is 8.91. The molecule has 0 aromatic heterocycles. The number of methoxy groups -OCH3 is 1. The summed E-state index contributed by atoms with van der Waals surface area (Å²) in [6.07, 6.45) is 3.68. The third kappa shape index (κ3) is 4.23. The van der Waals surface area contributed by atoms with E-state index in [0.29, 0.717) is 39.9 Å². The van der Waals surface area contributed by atoms with Crippen molar-refractivity contribution in [2.24, 2.45) is 0 Å². The van der Waals surface area contributed by atoms with Gasteiger partial charge in [0, 0.05) is 35.9 Å². The quantitative estimate of drug-likeness (QED) is 0.603. The van der Waals surface area contributed by atoms with Gasteiger partial charge in [0.15, 0.2) is 17.3 Å². The van der Waals surface area contributed by atoms with Gasteiger partial charge in [0.05, 0.1) is 23.3 Å². The molecule has 31 heavy (non-hydrogen) atoms. The van der Waals surface area contributed by atoms with Crippen LogP contribution in [0.5, 0.6) is 11.5 Å². The van der Waals surface area contributed by atoms with E-state index in [-0.39, 0.29) is 30.0 Å². The smallest absolute Gasteiger partial charge is 0.336 e. The Labute approximate surface area is 189 Å². The van der Waals surface area contributed by atoms with Crippen molar-refractivity contribution in [1.29, 1.82) is 0 Å². The Morgan fingerprint density at radius 1 is 1.32 bits per heavy atom. The maximum absolute atomic E-state index is 13.2. The molecule has 8 heteroatoms. The number of esters is 1. The Morgan fingerprint density at radius 3 is 2.84 bits per heavy atom. The normalized spacial score (nSPS) is 23.5. The van der Waals surface area contributed by atoms with Gasteiger partial charge < -0.3 is 24.6 Å². The van der Waals surface area contributed by atoms with Crippen LogP contribution in [0.2, 0.25) is 0 Å². The van der Waals surface area contributed by atoms with Gasteiger partial charge in [-0.25, -0.2) is 4.79 Å². The number of ketones is 1. The molecule has 1 fully saturated rings. The number of phenolic OH excluding ortho intramolecular Hbond substituents is 1. The molecule has 2 unspecified atom stereocenters. The molecule has 0 spiro atoms. The fraction of sp³-hybridized carbons (Fsp3) is 0.478. The number of carbonyl (C=O) groups excluding carboxylic acids is 2. The summed E-state index contributed by atoms with van der Waals surface area (Å²) in [6.45, 7) is 2.69. The van der Waals surface area contributed by atoms with Crippen molar-refractivity contribution in [2.75, 3.05) is 20.3 Å². The standard InChI is InChI=1S/C23H26BrNO6/c1-12-19(23(28)31-11-14-5-4-8-30-14)20(21-16(25-12)6-3-7-17(21)26)13-9-15(24)22(27)18(10-13)29-2/h9-10,14,20,25,27H,3-8,11H2,1-2H3.